The Bertz CT molecular complexity index is 3710. The standard InChI is InChI=1S/C67H50N2.CH4.H2/c1-65(2)55-28-15-11-24-48(55)52-37-34-45(40-60(52)65)68(43-20-7-5-8-21-43)46-36-39-54-62(42-46)67(57-30-17-13-26-50(57)51-27-14-18-31-58(51)67)59-32-19-33-63(64(54)59)69(44-22-9-6-10-23-44)47-35-38-53-49-25-12-16-29-56(49)66(3,4)61(53)41-47;;/h5-42H,1-4H3;1H4;1H. The molecule has 338 valence electrons. The molecule has 0 radical (unpaired) electrons. The summed E-state index contributed by atoms with van der Waals surface area (Å²) in [7, 11) is 0. The first-order valence-corrected chi connectivity index (χ1v) is 24.4. The number of para-hydroxylation sites is 2. The van der Waals surface area contributed by atoms with Gasteiger partial charge in [0.25, 0.3) is 0 Å². The van der Waals surface area contributed by atoms with E-state index in [4.69, 9.17) is 0 Å². The maximum atomic E-state index is 2.53. The van der Waals surface area contributed by atoms with Crippen molar-refractivity contribution < 1.29 is 1.43 Å². The van der Waals surface area contributed by atoms with E-state index in [2.05, 4.69) is 268 Å². The summed E-state index contributed by atoms with van der Waals surface area (Å²) in [6.07, 6.45) is 0. The molecule has 1 spiro atoms. The molecule has 0 saturated carbocycles. The van der Waals surface area contributed by atoms with Crippen molar-refractivity contribution in [3.63, 3.8) is 0 Å². The van der Waals surface area contributed by atoms with Gasteiger partial charge in [-0.15, -0.1) is 0 Å². The van der Waals surface area contributed by atoms with E-state index >= 15 is 0 Å². The lowest BCUT2D eigenvalue weighted by Gasteiger charge is -2.33. The third kappa shape index (κ3) is 5.56. The molecule has 10 aromatic rings. The van der Waals surface area contributed by atoms with Crippen molar-refractivity contribution in [3.8, 4) is 44.5 Å². The van der Waals surface area contributed by atoms with Gasteiger partial charge in [-0.1, -0.05) is 199 Å². The monoisotopic (exact) mass is 900 g/mol. The highest BCUT2D eigenvalue weighted by atomic mass is 15.2. The second kappa shape index (κ2) is 15.1. The summed E-state index contributed by atoms with van der Waals surface area (Å²) in [5.74, 6) is 0. The maximum Gasteiger partial charge on any atom is 0.0727 e. The van der Waals surface area contributed by atoms with E-state index < -0.39 is 5.41 Å². The van der Waals surface area contributed by atoms with E-state index in [1.54, 1.807) is 0 Å². The normalized spacial score (nSPS) is 14.8. The molecule has 2 heteroatoms. The second-order valence-electron chi connectivity index (χ2n) is 20.4. The molecule has 0 N–H and O–H groups in total. The van der Waals surface area contributed by atoms with Gasteiger partial charge in [-0.05, 0) is 150 Å². The third-order valence-corrected chi connectivity index (χ3v) is 16.3. The molecule has 0 atom stereocenters. The van der Waals surface area contributed by atoms with Crippen molar-refractivity contribution >= 4 is 34.1 Å². The Morgan fingerprint density at radius 1 is 0.271 bits per heavy atom. The highest BCUT2D eigenvalue weighted by molar-refractivity contribution is 6.02. The Balaban J connectivity index is 0.00000259. The Morgan fingerprint density at radius 3 is 1.13 bits per heavy atom. The van der Waals surface area contributed by atoms with Gasteiger partial charge < -0.3 is 9.80 Å². The summed E-state index contributed by atoms with van der Waals surface area (Å²) in [6, 6.07) is 86.8. The van der Waals surface area contributed by atoms with Crippen LogP contribution >= 0.6 is 0 Å². The van der Waals surface area contributed by atoms with Crippen LogP contribution in [0.3, 0.4) is 0 Å². The molecular weight excluding hydrogens is 845 g/mol. The van der Waals surface area contributed by atoms with Crippen LogP contribution in [-0.4, -0.2) is 0 Å². The molecular formula is C68H56N2. The lowest BCUT2D eigenvalue weighted by Crippen LogP contribution is -2.26. The largest absolute Gasteiger partial charge is 0.310 e. The molecule has 2 nitrogen and oxygen atoms in total. The zero-order valence-electron chi connectivity index (χ0n) is 39.3. The van der Waals surface area contributed by atoms with E-state index in [0.717, 1.165) is 28.4 Å². The van der Waals surface area contributed by atoms with Crippen molar-refractivity contribution in [1.29, 1.82) is 0 Å². The molecule has 0 saturated heterocycles. The molecule has 0 heterocycles. The summed E-state index contributed by atoms with van der Waals surface area (Å²) < 4.78 is 0. The predicted octanol–water partition coefficient (Wildman–Crippen LogP) is 18.5. The molecule has 4 aliphatic carbocycles. The summed E-state index contributed by atoms with van der Waals surface area (Å²) in [4.78, 5) is 4.99. The first kappa shape index (κ1) is 41.9. The smallest absolute Gasteiger partial charge is 0.0727 e. The number of anilines is 6. The van der Waals surface area contributed by atoms with Gasteiger partial charge in [-0.3, -0.25) is 0 Å². The summed E-state index contributed by atoms with van der Waals surface area (Å²) in [6.45, 7) is 9.50. The van der Waals surface area contributed by atoms with Crippen LogP contribution in [-0.2, 0) is 16.2 Å². The number of fused-ring (bicyclic) bond motifs is 16. The first-order chi connectivity index (χ1) is 33.8. The summed E-state index contributed by atoms with van der Waals surface area (Å²) >= 11 is 0. The van der Waals surface area contributed by atoms with Gasteiger partial charge in [-0.2, -0.15) is 0 Å². The Morgan fingerprint density at radius 2 is 0.629 bits per heavy atom. The maximum absolute atomic E-state index is 2.53. The second-order valence-corrected chi connectivity index (χ2v) is 20.4. The molecule has 4 aliphatic rings. The fraction of sp³-hybridized carbons (Fsp3) is 0.118. The van der Waals surface area contributed by atoms with Gasteiger partial charge in [-0.25, -0.2) is 0 Å². The van der Waals surface area contributed by atoms with E-state index in [0.29, 0.717) is 0 Å². The van der Waals surface area contributed by atoms with Crippen LogP contribution in [0.15, 0.2) is 231 Å². The van der Waals surface area contributed by atoms with Crippen LogP contribution in [0, 0.1) is 0 Å². The minimum Gasteiger partial charge on any atom is -0.310 e. The minimum absolute atomic E-state index is 0. The fourth-order valence-corrected chi connectivity index (χ4v) is 13.2. The van der Waals surface area contributed by atoms with Crippen LogP contribution in [0.4, 0.5) is 34.1 Å². The van der Waals surface area contributed by atoms with Gasteiger partial charge in [0, 0.05) is 46.3 Å². The van der Waals surface area contributed by atoms with E-state index in [1.165, 1.54) is 94.7 Å². The van der Waals surface area contributed by atoms with Gasteiger partial charge in [0.05, 0.1) is 11.1 Å². The number of nitrogens with zero attached hydrogens (tertiary/aromatic N) is 2. The van der Waals surface area contributed by atoms with Crippen molar-refractivity contribution in [2.75, 3.05) is 9.80 Å². The van der Waals surface area contributed by atoms with Crippen LogP contribution in [0.2, 0.25) is 0 Å². The Kier molecular flexibility index (Phi) is 9.08. The van der Waals surface area contributed by atoms with Gasteiger partial charge in [0.2, 0.25) is 0 Å². The molecule has 0 amide bonds. The average molecular weight is 901 g/mol. The minimum atomic E-state index is -0.572. The van der Waals surface area contributed by atoms with Crippen molar-refractivity contribution in [3.05, 3.63) is 275 Å². The quantitative estimate of drug-likeness (QED) is 0.164. The van der Waals surface area contributed by atoms with Crippen molar-refractivity contribution in [1.82, 2.24) is 0 Å². The fourth-order valence-electron chi connectivity index (χ4n) is 13.2. The highest BCUT2D eigenvalue weighted by Gasteiger charge is 2.53. The van der Waals surface area contributed by atoms with Crippen LogP contribution in [0.5, 0.6) is 0 Å². The van der Waals surface area contributed by atoms with Crippen LogP contribution in [0.1, 0.15) is 81.1 Å². The topological polar surface area (TPSA) is 6.48 Å². The van der Waals surface area contributed by atoms with Crippen LogP contribution < -0.4 is 9.80 Å². The van der Waals surface area contributed by atoms with Gasteiger partial charge in [0.1, 0.15) is 0 Å². The zero-order valence-corrected chi connectivity index (χ0v) is 39.3. The lowest BCUT2D eigenvalue weighted by atomic mass is 9.70. The molecule has 0 fully saturated rings. The van der Waals surface area contributed by atoms with E-state index in [1.807, 2.05) is 0 Å². The average Bonchev–Trinajstić information content (AvgIpc) is 4.02. The lowest BCUT2D eigenvalue weighted by molar-refractivity contribution is 0.660. The molecule has 14 rings (SSSR count). The molecule has 0 bridgehead atoms. The van der Waals surface area contributed by atoms with Crippen molar-refractivity contribution in [2.45, 2.75) is 51.4 Å². The SMILES string of the molecule is C.CC1(C)c2ccccc2-c2ccc(N(c3ccccc3)c3ccc4c(c3)C3(c5ccccc5-c5ccccc53)c3cccc(N(c5ccccc5)c5ccc6c(c5)C(C)(C)c5ccccc5-6)c3-4)cc21.[HH]. The third-order valence-electron chi connectivity index (χ3n) is 16.3. The molecule has 0 aliphatic heterocycles. The summed E-state index contributed by atoms with van der Waals surface area (Å²) in [5, 5.41) is 0. The zero-order chi connectivity index (χ0) is 46.2. The first-order valence-electron chi connectivity index (χ1n) is 24.4. The Hall–Kier alpha value is -8.20. The van der Waals surface area contributed by atoms with Crippen molar-refractivity contribution in [2.24, 2.45) is 0 Å². The predicted molar refractivity (Wildman–Crippen MR) is 296 cm³/mol. The number of hydrogen-bond donors (Lipinski definition) is 0. The van der Waals surface area contributed by atoms with Gasteiger partial charge in [0.15, 0.2) is 0 Å². The molecule has 0 aromatic heterocycles. The highest BCUT2D eigenvalue weighted by Crippen LogP contribution is 2.66. The number of rotatable bonds is 6. The van der Waals surface area contributed by atoms with Gasteiger partial charge >= 0.3 is 0 Å². The summed E-state index contributed by atoms with van der Waals surface area (Å²) in [5.41, 5.74) is 27.2. The molecule has 0 unspecified atom stereocenters. The molecule has 70 heavy (non-hydrogen) atoms. The van der Waals surface area contributed by atoms with E-state index in [9.17, 15) is 0 Å². The molecule has 10 aromatic carbocycles. The van der Waals surface area contributed by atoms with Crippen LogP contribution in [0.25, 0.3) is 44.5 Å². The Labute approximate surface area is 414 Å². The number of hydrogen-bond acceptors (Lipinski definition) is 2. The van der Waals surface area contributed by atoms with E-state index in [-0.39, 0.29) is 19.7 Å². The number of benzene rings is 10.